The summed E-state index contributed by atoms with van der Waals surface area (Å²) in [4.78, 5) is 35.1. The normalized spacial score (nSPS) is 10.4. The molecular formula is C20H18N4O4. The first-order valence-electron chi connectivity index (χ1n) is 8.17. The van der Waals surface area contributed by atoms with Crippen LogP contribution < -0.4 is 16.0 Å². The zero-order valence-corrected chi connectivity index (χ0v) is 15.3. The second-order valence-electron chi connectivity index (χ2n) is 5.56. The number of benzene rings is 2. The minimum Gasteiger partial charge on any atom is -0.465 e. The lowest BCUT2D eigenvalue weighted by atomic mass is 10.1. The molecule has 8 nitrogen and oxygen atoms in total. The molecule has 0 radical (unpaired) electrons. The standard InChI is InChI=1S/C20H18N4O4/c1-13(25)23-16-9-7-15(8-10-16)22-12-14(11-21)19(26)24-18-6-4-3-5-17(18)20(27)28-2/h3-10,12,22H,1-2H3,(H,23,25)(H,24,26)/b14-12-. The summed E-state index contributed by atoms with van der Waals surface area (Å²) < 4.78 is 4.68. The van der Waals surface area contributed by atoms with Crippen LogP contribution in [0.25, 0.3) is 0 Å². The Hall–Kier alpha value is -4.12. The van der Waals surface area contributed by atoms with Gasteiger partial charge in [-0.15, -0.1) is 0 Å². The molecule has 0 aliphatic rings. The molecule has 0 atom stereocenters. The number of nitrogens with one attached hydrogen (secondary N) is 3. The Morgan fingerprint density at radius 3 is 2.25 bits per heavy atom. The van der Waals surface area contributed by atoms with E-state index in [0.29, 0.717) is 11.4 Å². The number of carbonyl (C=O) groups excluding carboxylic acids is 3. The molecule has 0 aromatic heterocycles. The van der Waals surface area contributed by atoms with Crippen molar-refractivity contribution in [2.24, 2.45) is 0 Å². The van der Waals surface area contributed by atoms with Crippen molar-refractivity contribution in [2.75, 3.05) is 23.1 Å². The summed E-state index contributed by atoms with van der Waals surface area (Å²) in [5.41, 5.74) is 1.47. The Bertz CT molecular complexity index is 959. The Morgan fingerprint density at radius 1 is 1.00 bits per heavy atom. The third-order valence-corrected chi connectivity index (χ3v) is 3.53. The van der Waals surface area contributed by atoms with E-state index in [1.807, 2.05) is 0 Å². The number of anilines is 3. The van der Waals surface area contributed by atoms with E-state index >= 15 is 0 Å². The van der Waals surface area contributed by atoms with Gasteiger partial charge in [-0.1, -0.05) is 12.1 Å². The highest BCUT2D eigenvalue weighted by Crippen LogP contribution is 2.17. The fraction of sp³-hybridized carbons (Fsp3) is 0.100. The molecule has 8 heteroatoms. The van der Waals surface area contributed by atoms with Crippen molar-refractivity contribution in [3.63, 3.8) is 0 Å². The molecule has 0 spiro atoms. The van der Waals surface area contributed by atoms with Crippen LogP contribution in [0.3, 0.4) is 0 Å². The zero-order valence-electron chi connectivity index (χ0n) is 15.3. The van der Waals surface area contributed by atoms with Gasteiger partial charge in [-0.2, -0.15) is 5.26 Å². The molecule has 2 aromatic rings. The number of amides is 2. The van der Waals surface area contributed by atoms with Crippen LogP contribution in [0.1, 0.15) is 17.3 Å². The number of hydrogen-bond acceptors (Lipinski definition) is 6. The van der Waals surface area contributed by atoms with Crippen molar-refractivity contribution in [3.8, 4) is 6.07 Å². The number of carbonyl (C=O) groups is 3. The predicted octanol–water partition coefficient (Wildman–Crippen LogP) is 2.89. The van der Waals surface area contributed by atoms with Crippen molar-refractivity contribution >= 4 is 34.8 Å². The summed E-state index contributed by atoms with van der Waals surface area (Å²) in [6.07, 6.45) is 1.25. The second kappa shape index (κ2) is 9.54. The first kappa shape index (κ1) is 20.2. The Labute approximate surface area is 161 Å². The SMILES string of the molecule is COC(=O)c1ccccc1NC(=O)/C(C#N)=C\Nc1ccc(NC(C)=O)cc1. The number of methoxy groups -OCH3 is 1. The monoisotopic (exact) mass is 378 g/mol. The lowest BCUT2D eigenvalue weighted by Gasteiger charge is -2.09. The van der Waals surface area contributed by atoms with Crippen LogP contribution in [0.2, 0.25) is 0 Å². The van der Waals surface area contributed by atoms with E-state index in [1.165, 1.54) is 32.4 Å². The molecule has 0 saturated heterocycles. The highest BCUT2D eigenvalue weighted by atomic mass is 16.5. The van der Waals surface area contributed by atoms with Gasteiger partial charge < -0.3 is 20.7 Å². The summed E-state index contributed by atoms with van der Waals surface area (Å²) in [6.45, 7) is 1.41. The van der Waals surface area contributed by atoms with Crippen molar-refractivity contribution < 1.29 is 19.1 Å². The van der Waals surface area contributed by atoms with Gasteiger partial charge in [0.25, 0.3) is 5.91 Å². The Balaban J connectivity index is 2.11. The van der Waals surface area contributed by atoms with E-state index in [1.54, 1.807) is 42.5 Å². The number of hydrogen-bond donors (Lipinski definition) is 3. The number of esters is 1. The smallest absolute Gasteiger partial charge is 0.339 e. The van der Waals surface area contributed by atoms with Crippen LogP contribution in [0.5, 0.6) is 0 Å². The number of nitrogens with zero attached hydrogens (tertiary/aromatic N) is 1. The summed E-state index contributed by atoms with van der Waals surface area (Å²) in [5.74, 6) is -1.46. The lowest BCUT2D eigenvalue weighted by molar-refractivity contribution is -0.114. The molecule has 3 N–H and O–H groups in total. The largest absolute Gasteiger partial charge is 0.465 e. The Morgan fingerprint density at radius 2 is 1.64 bits per heavy atom. The summed E-state index contributed by atoms with van der Waals surface area (Å²) in [7, 11) is 1.24. The molecular weight excluding hydrogens is 360 g/mol. The molecule has 2 aromatic carbocycles. The average molecular weight is 378 g/mol. The van der Waals surface area contributed by atoms with Gasteiger partial charge in [-0.05, 0) is 36.4 Å². The summed E-state index contributed by atoms with van der Waals surface area (Å²) in [6, 6.07) is 14.8. The number of nitriles is 1. The molecule has 2 rings (SSSR count). The average Bonchev–Trinajstić information content (AvgIpc) is 2.69. The highest BCUT2D eigenvalue weighted by Gasteiger charge is 2.15. The first-order chi connectivity index (χ1) is 13.4. The van der Waals surface area contributed by atoms with E-state index in [9.17, 15) is 19.6 Å². The third kappa shape index (κ3) is 5.44. The third-order valence-electron chi connectivity index (χ3n) is 3.53. The summed E-state index contributed by atoms with van der Waals surface area (Å²) in [5, 5.41) is 17.3. The van der Waals surface area contributed by atoms with Gasteiger partial charge >= 0.3 is 5.97 Å². The van der Waals surface area contributed by atoms with Gasteiger partial charge in [0.15, 0.2) is 0 Å². The van der Waals surface area contributed by atoms with Crippen LogP contribution in [0, 0.1) is 11.3 Å². The minimum absolute atomic E-state index is 0.178. The zero-order chi connectivity index (χ0) is 20.5. The van der Waals surface area contributed by atoms with E-state index in [0.717, 1.165) is 0 Å². The molecule has 142 valence electrons. The molecule has 0 unspecified atom stereocenters. The molecule has 0 fully saturated rings. The fourth-order valence-corrected chi connectivity index (χ4v) is 2.23. The molecule has 0 aliphatic carbocycles. The predicted molar refractivity (Wildman–Crippen MR) is 104 cm³/mol. The highest BCUT2D eigenvalue weighted by molar-refractivity contribution is 6.09. The van der Waals surface area contributed by atoms with Gasteiger partial charge in [0.1, 0.15) is 11.6 Å². The minimum atomic E-state index is -0.679. The van der Waals surface area contributed by atoms with Gasteiger partial charge in [0.05, 0.1) is 18.4 Å². The van der Waals surface area contributed by atoms with Crippen LogP contribution in [0.4, 0.5) is 17.1 Å². The second-order valence-corrected chi connectivity index (χ2v) is 5.56. The maximum atomic E-state index is 12.4. The molecule has 0 heterocycles. The number of para-hydroxylation sites is 1. The molecule has 28 heavy (non-hydrogen) atoms. The van der Waals surface area contributed by atoms with Gasteiger partial charge in [0, 0.05) is 24.5 Å². The quantitative estimate of drug-likeness (QED) is 0.404. The Kier molecular flexibility index (Phi) is 6.88. The van der Waals surface area contributed by atoms with E-state index in [4.69, 9.17) is 0 Å². The van der Waals surface area contributed by atoms with Crippen molar-refractivity contribution in [1.29, 1.82) is 5.26 Å². The van der Waals surface area contributed by atoms with E-state index in [-0.39, 0.29) is 22.7 Å². The molecule has 0 bridgehead atoms. The van der Waals surface area contributed by atoms with Gasteiger partial charge in [-0.25, -0.2) is 4.79 Å². The van der Waals surface area contributed by atoms with Gasteiger partial charge in [0.2, 0.25) is 5.91 Å². The molecule has 0 aliphatic heterocycles. The van der Waals surface area contributed by atoms with Crippen LogP contribution >= 0.6 is 0 Å². The van der Waals surface area contributed by atoms with Crippen LogP contribution in [0.15, 0.2) is 60.3 Å². The summed E-state index contributed by atoms with van der Waals surface area (Å²) >= 11 is 0. The molecule has 2 amide bonds. The number of rotatable bonds is 6. The van der Waals surface area contributed by atoms with Gasteiger partial charge in [-0.3, -0.25) is 9.59 Å². The maximum absolute atomic E-state index is 12.4. The topological polar surface area (TPSA) is 120 Å². The van der Waals surface area contributed by atoms with Crippen LogP contribution in [-0.4, -0.2) is 24.9 Å². The number of ether oxygens (including phenoxy) is 1. The fourth-order valence-electron chi connectivity index (χ4n) is 2.23. The lowest BCUT2D eigenvalue weighted by Crippen LogP contribution is -2.17. The van der Waals surface area contributed by atoms with E-state index < -0.39 is 11.9 Å². The first-order valence-corrected chi connectivity index (χ1v) is 8.17. The van der Waals surface area contributed by atoms with Crippen molar-refractivity contribution in [2.45, 2.75) is 6.92 Å². The molecule has 0 saturated carbocycles. The maximum Gasteiger partial charge on any atom is 0.339 e. The van der Waals surface area contributed by atoms with Crippen LogP contribution in [-0.2, 0) is 14.3 Å². The van der Waals surface area contributed by atoms with E-state index in [2.05, 4.69) is 20.7 Å². The van der Waals surface area contributed by atoms with Crippen molar-refractivity contribution in [3.05, 3.63) is 65.9 Å². The van der Waals surface area contributed by atoms with Crippen molar-refractivity contribution in [1.82, 2.24) is 0 Å².